The maximum atomic E-state index is 11.9. The number of carboxylic acids is 1. The van der Waals surface area contributed by atoms with E-state index in [-0.39, 0.29) is 18.6 Å². The summed E-state index contributed by atoms with van der Waals surface area (Å²) < 4.78 is 0. The normalized spacial score (nSPS) is 16.2. The van der Waals surface area contributed by atoms with Crippen LogP contribution in [0.4, 0.5) is 4.79 Å². The summed E-state index contributed by atoms with van der Waals surface area (Å²) in [7, 11) is 0. The molecule has 0 bridgehead atoms. The molecule has 1 rings (SSSR count). The van der Waals surface area contributed by atoms with E-state index in [1.807, 2.05) is 13.8 Å². The number of nitrogens with zero attached hydrogens (tertiary/aromatic N) is 1. The molecule has 0 radical (unpaired) electrons. The van der Waals surface area contributed by atoms with E-state index in [4.69, 9.17) is 5.11 Å². The molecule has 0 aliphatic heterocycles. The highest BCUT2D eigenvalue weighted by Crippen LogP contribution is 2.23. The van der Waals surface area contributed by atoms with Crippen LogP contribution in [-0.4, -0.2) is 41.1 Å². The summed E-state index contributed by atoms with van der Waals surface area (Å²) in [6, 6.07) is -0.147. The molecule has 0 heterocycles. The van der Waals surface area contributed by atoms with Gasteiger partial charge in [-0.15, -0.1) is 0 Å². The zero-order chi connectivity index (χ0) is 12.8. The van der Waals surface area contributed by atoms with Crippen molar-refractivity contribution < 1.29 is 14.7 Å². The third-order valence-corrected chi connectivity index (χ3v) is 2.99. The van der Waals surface area contributed by atoms with Crippen molar-refractivity contribution in [2.45, 2.75) is 45.6 Å². The van der Waals surface area contributed by atoms with Crippen molar-refractivity contribution in [3.63, 3.8) is 0 Å². The second-order valence-electron chi connectivity index (χ2n) is 5.04. The maximum Gasteiger partial charge on any atom is 0.323 e. The Morgan fingerprint density at radius 2 is 1.94 bits per heavy atom. The van der Waals surface area contributed by atoms with Crippen molar-refractivity contribution in [2.75, 3.05) is 13.1 Å². The lowest BCUT2D eigenvalue weighted by Gasteiger charge is -2.27. The predicted molar refractivity (Wildman–Crippen MR) is 64.8 cm³/mol. The minimum absolute atomic E-state index is 0.0956. The van der Waals surface area contributed by atoms with Gasteiger partial charge in [-0.3, -0.25) is 4.79 Å². The van der Waals surface area contributed by atoms with Gasteiger partial charge in [-0.25, -0.2) is 4.79 Å². The number of hydrogen-bond acceptors (Lipinski definition) is 2. The van der Waals surface area contributed by atoms with Crippen LogP contribution in [0, 0.1) is 5.92 Å². The average Bonchev–Trinajstić information content (AvgIpc) is 2.75. The van der Waals surface area contributed by atoms with Gasteiger partial charge in [-0.2, -0.15) is 0 Å². The van der Waals surface area contributed by atoms with Crippen molar-refractivity contribution in [3.05, 3.63) is 0 Å². The quantitative estimate of drug-likeness (QED) is 0.770. The molecule has 2 amide bonds. The molecule has 2 N–H and O–H groups in total. The summed E-state index contributed by atoms with van der Waals surface area (Å²) in [6.45, 7) is 4.41. The Labute approximate surface area is 102 Å². The number of carbonyl (C=O) groups excluding carboxylic acids is 1. The summed E-state index contributed by atoms with van der Waals surface area (Å²) in [5, 5.41) is 11.6. The standard InChI is InChI=1S/C12H22N2O3/c1-9(2)7-13-12(17)14(8-11(15)16)10-5-3-4-6-10/h9-10H,3-8H2,1-2H3,(H,13,17)(H,15,16). The van der Waals surface area contributed by atoms with Crippen molar-refractivity contribution in [3.8, 4) is 0 Å². The van der Waals surface area contributed by atoms with Gasteiger partial charge in [-0.1, -0.05) is 26.7 Å². The van der Waals surface area contributed by atoms with Gasteiger partial charge >= 0.3 is 12.0 Å². The molecule has 0 saturated heterocycles. The molecule has 5 heteroatoms. The van der Waals surface area contributed by atoms with Gasteiger partial charge in [0.15, 0.2) is 0 Å². The van der Waals surface area contributed by atoms with Crippen molar-refractivity contribution in [1.29, 1.82) is 0 Å². The van der Waals surface area contributed by atoms with Crippen LogP contribution in [0.2, 0.25) is 0 Å². The number of nitrogens with one attached hydrogen (secondary N) is 1. The van der Waals surface area contributed by atoms with E-state index in [9.17, 15) is 9.59 Å². The highest BCUT2D eigenvalue weighted by Gasteiger charge is 2.28. The fourth-order valence-electron chi connectivity index (χ4n) is 2.12. The number of carbonyl (C=O) groups is 2. The van der Waals surface area contributed by atoms with Crippen LogP contribution in [0.15, 0.2) is 0 Å². The van der Waals surface area contributed by atoms with Crippen LogP contribution in [0.25, 0.3) is 0 Å². The molecule has 1 fully saturated rings. The molecule has 0 spiro atoms. The molecule has 1 aliphatic rings. The molecule has 0 unspecified atom stereocenters. The molecule has 98 valence electrons. The van der Waals surface area contributed by atoms with Crippen molar-refractivity contribution >= 4 is 12.0 Å². The minimum Gasteiger partial charge on any atom is -0.480 e. The van der Waals surface area contributed by atoms with E-state index in [0.717, 1.165) is 25.7 Å². The zero-order valence-corrected chi connectivity index (χ0v) is 10.6. The minimum atomic E-state index is -0.948. The summed E-state index contributed by atoms with van der Waals surface area (Å²) in [5.41, 5.74) is 0. The van der Waals surface area contributed by atoms with Gasteiger partial charge in [0.2, 0.25) is 0 Å². The van der Waals surface area contributed by atoms with E-state index < -0.39 is 5.97 Å². The van der Waals surface area contributed by atoms with Crippen molar-refractivity contribution in [2.24, 2.45) is 5.92 Å². The van der Waals surface area contributed by atoms with E-state index in [2.05, 4.69) is 5.32 Å². The van der Waals surface area contributed by atoms with Gasteiger partial charge in [-0.05, 0) is 18.8 Å². The maximum absolute atomic E-state index is 11.9. The summed E-state index contributed by atoms with van der Waals surface area (Å²) in [5.74, 6) is -0.578. The lowest BCUT2D eigenvalue weighted by Crippen LogP contribution is -2.48. The lowest BCUT2D eigenvalue weighted by molar-refractivity contribution is -0.138. The molecule has 1 aliphatic carbocycles. The monoisotopic (exact) mass is 242 g/mol. The SMILES string of the molecule is CC(C)CNC(=O)N(CC(=O)O)C1CCCC1. The molecule has 0 aromatic rings. The van der Waals surface area contributed by atoms with Gasteiger partial charge in [0.05, 0.1) is 0 Å². The molecule has 1 saturated carbocycles. The van der Waals surface area contributed by atoms with E-state index in [0.29, 0.717) is 12.5 Å². The second-order valence-corrected chi connectivity index (χ2v) is 5.04. The Morgan fingerprint density at radius 3 is 2.41 bits per heavy atom. The fraction of sp³-hybridized carbons (Fsp3) is 0.833. The predicted octanol–water partition coefficient (Wildman–Crippen LogP) is 1.68. The van der Waals surface area contributed by atoms with Crippen LogP contribution in [0.1, 0.15) is 39.5 Å². The molecule has 5 nitrogen and oxygen atoms in total. The molecule has 0 aromatic heterocycles. The number of rotatable bonds is 5. The highest BCUT2D eigenvalue weighted by atomic mass is 16.4. The highest BCUT2D eigenvalue weighted by molar-refractivity contribution is 5.80. The zero-order valence-electron chi connectivity index (χ0n) is 10.6. The van der Waals surface area contributed by atoms with Crippen LogP contribution in [0.5, 0.6) is 0 Å². The van der Waals surface area contributed by atoms with Gasteiger partial charge in [0.1, 0.15) is 6.54 Å². The largest absolute Gasteiger partial charge is 0.480 e. The molecular formula is C12H22N2O3. The van der Waals surface area contributed by atoms with Gasteiger partial charge in [0, 0.05) is 12.6 Å². The van der Waals surface area contributed by atoms with Crippen LogP contribution < -0.4 is 5.32 Å². The first-order chi connectivity index (χ1) is 8.00. The first kappa shape index (κ1) is 13.8. The first-order valence-electron chi connectivity index (χ1n) is 6.27. The number of aliphatic carboxylic acids is 1. The summed E-state index contributed by atoms with van der Waals surface area (Å²) in [4.78, 5) is 24.2. The fourth-order valence-corrected chi connectivity index (χ4v) is 2.12. The smallest absolute Gasteiger partial charge is 0.323 e. The Morgan fingerprint density at radius 1 is 1.35 bits per heavy atom. The molecular weight excluding hydrogens is 220 g/mol. The topological polar surface area (TPSA) is 69.6 Å². The van der Waals surface area contributed by atoms with Gasteiger partial charge < -0.3 is 15.3 Å². The van der Waals surface area contributed by atoms with E-state index >= 15 is 0 Å². The number of amides is 2. The molecule has 0 atom stereocenters. The van der Waals surface area contributed by atoms with Crippen LogP contribution in [-0.2, 0) is 4.79 Å². The lowest BCUT2D eigenvalue weighted by atomic mass is 10.2. The second kappa shape index (κ2) is 6.47. The molecule has 0 aromatic carbocycles. The molecule has 17 heavy (non-hydrogen) atoms. The van der Waals surface area contributed by atoms with Crippen LogP contribution in [0.3, 0.4) is 0 Å². The van der Waals surface area contributed by atoms with E-state index in [1.54, 1.807) is 0 Å². The summed E-state index contributed by atoms with van der Waals surface area (Å²) >= 11 is 0. The van der Waals surface area contributed by atoms with Crippen LogP contribution >= 0.6 is 0 Å². The number of carboxylic acid groups (broad SMARTS) is 1. The third-order valence-electron chi connectivity index (χ3n) is 2.99. The summed E-state index contributed by atoms with van der Waals surface area (Å²) in [6.07, 6.45) is 4.00. The number of urea groups is 1. The van der Waals surface area contributed by atoms with Gasteiger partial charge in [0.25, 0.3) is 0 Å². The Hall–Kier alpha value is -1.26. The Kier molecular flexibility index (Phi) is 5.25. The number of hydrogen-bond donors (Lipinski definition) is 2. The average molecular weight is 242 g/mol. The first-order valence-corrected chi connectivity index (χ1v) is 6.27. The third kappa shape index (κ3) is 4.63. The van der Waals surface area contributed by atoms with E-state index in [1.165, 1.54) is 4.90 Å². The Bertz CT molecular complexity index is 273. The van der Waals surface area contributed by atoms with Crippen molar-refractivity contribution in [1.82, 2.24) is 10.2 Å². The Balaban J connectivity index is 2.54.